The first-order chi connectivity index (χ1) is 9.00. The van der Waals surface area contributed by atoms with Gasteiger partial charge in [0.2, 0.25) is 0 Å². The van der Waals surface area contributed by atoms with Crippen LogP contribution in [0.1, 0.15) is 31.6 Å². The van der Waals surface area contributed by atoms with Crippen LogP contribution in [-0.2, 0) is 11.2 Å². The van der Waals surface area contributed by atoms with Gasteiger partial charge in [-0.1, -0.05) is 6.07 Å². The summed E-state index contributed by atoms with van der Waals surface area (Å²) in [7, 11) is 0. The van der Waals surface area contributed by atoms with Crippen molar-refractivity contribution in [3.8, 4) is 0 Å². The lowest BCUT2D eigenvalue weighted by Gasteiger charge is -2.39. The van der Waals surface area contributed by atoms with E-state index < -0.39 is 11.4 Å². The van der Waals surface area contributed by atoms with E-state index in [1.54, 1.807) is 11.3 Å². The normalized spacial score (nSPS) is 21.5. The molecule has 0 spiro atoms. The lowest BCUT2D eigenvalue weighted by molar-refractivity contribution is -0.151. The summed E-state index contributed by atoms with van der Waals surface area (Å²) in [5.74, 6) is -0.403. The Labute approximate surface area is 119 Å². The molecule has 2 heterocycles. The van der Waals surface area contributed by atoms with Crippen LogP contribution in [0.4, 0.5) is 0 Å². The highest BCUT2D eigenvalue weighted by atomic mass is 32.1. The van der Waals surface area contributed by atoms with Crippen molar-refractivity contribution in [3.05, 3.63) is 22.4 Å². The second-order valence-corrected chi connectivity index (χ2v) is 7.03. The van der Waals surface area contributed by atoms with Crippen molar-refractivity contribution < 1.29 is 9.90 Å². The number of thiophene rings is 1. The summed E-state index contributed by atoms with van der Waals surface area (Å²) < 4.78 is 0. The van der Waals surface area contributed by atoms with Crippen LogP contribution in [0.25, 0.3) is 0 Å². The van der Waals surface area contributed by atoms with Gasteiger partial charge < -0.3 is 10.0 Å². The molecule has 1 fully saturated rings. The molecule has 0 bridgehead atoms. The Bertz CT molecular complexity index is 414. The Hall–Kier alpha value is -0.870. The van der Waals surface area contributed by atoms with Gasteiger partial charge in [-0.25, -0.2) is 0 Å². The standard InChI is InChI=1S/C15H23NO2S/c1-15(2,14(17)18)12-5-3-8-16(11-12)9-7-13-6-4-10-19-13/h4,6,10,12H,3,5,7-9,11H2,1-2H3,(H,17,18). The average Bonchev–Trinajstić information content (AvgIpc) is 2.89. The molecule has 0 radical (unpaired) electrons. The second kappa shape index (κ2) is 6.06. The van der Waals surface area contributed by atoms with Crippen LogP contribution in [0.2, 0.25) is 0 Å². The zero-order chi connectivity index (χ0) is 13.9. The molecule has 1 aliphatic heterocycles. The van der Waals surface area contributed by atoms with Gasteiger partial charge in [-0.15, -0.1) is 11.3 Å². The predicted molar refractivity (Wildman–Crippen MR) is 78.6 cm³/mol. The van der Waals surface area contributed by atoms with Crippen LogP contribution in [0.5, 0.6) is 0 Å². The van der Waals surface area contributed by atoms with Crippen molar-refractivity contribution in [2.75, 3.05) is 19.6 Å². The zero-order valence-corrected chi connectivity index (χ0v) is 12.6. The maximum atomic E-state index is 11.4. The van der Waals surface area contributed by atoms with E-state index in [2.05, 4.69) is 22.4 Å². The fraction of sp³-hybridized carbons (Fsp3) is 0.667. The third kappa shape index (κ3) is 3.57. The minimum absolute atomic E-state index is 0.266. The van der Waals surface area contributed by atoms with Crippen LogP contribution in [0.15, 0.2) is 17.5 Å². The number of nitrogens with zero attached hydrogens (tertiary/aromatic N) is 1. The van der Waals surface area contributed by atoms with Crippen LogP contribution in [0, 0.1) is 11.3 Å². The number of likely N-dealkylation sites (tertiary alicyclic amines) is 1. The molecule has 0 aromatic carbocycles. The number of hydrogen-bond acceptors (Lipinski definition) is 3. The van der Waals surface area contributed by atoms with Crippen molar-refractivity contribution >= 4 is 17.3 Å². The summed E-state index contributed by atoms with van der Waals surface area (Å²) in [5, 5.41) is 11.5. The van der Waals surface area contributed by atoms with Crippen molar-refractivity contribution in [2.45, 2.75) is 33.1 Å². The molecule has 1 atom stereocenters. The van der Waals surface area contributed by atoms with E-state index in [1.807, 2.05) is 13.8 Å². The zero-order valence-electron chi connectivity index (χ0n) is 11.8. The average molecular weight is 281 g/mol. The monoisotopic (exact) mass is 281 g/mol. The molecule has 0 saturated carbocycles. The number of hydrogen-bond donors (Lipinski definition) is 1. The molecular weight excluding hydrogens is 258 g/mol. The first-order valence-corrected chi connectivity index (χ1v) is 7.86. The van der Waals surface area contributed by atoms with Crippen molar-refractivity contribution in [1.29, 1.82) is 0 Å². The number of aliphatic carboxylic acids is 1. The van der Waals surface area contributed by atoms with Gasteiger partial charge in [-0.2, -0.15) is 0 Å². The molecule has 1 unspecified atom stereocenters. The Balaban J connectivity index is 1.88. The summed E-state index contributed by atoms with van der Waals surface area (Å²) in [4.78, 5) is 15.2. The molecule has 106 valence electrons. The summed E-state index contributed by atoms with van der Waals surface area (Å²) in [6, 6.07) is 4.26. The minimum atomic E-state index is -0.669. The van der Waals surface area contributed by atoms with Gasteiger partial charge in [-0.3, -0.25) is 4.79 Å². The first-order valence-electron chi connectivity index (χ1n) is 6.98. The van der Waals surface area contributed by atoms with Crippen LogP contribution in [0.3, 0.4) is 0 Å². The molecule has 3 nitrogen and oxygen atoms in total. The van der Waals surface area contributed by atoms with Crippen LogP contribution >= 0.6 is 11.3 Å². The van der Waals surface area contributed by atoms with E-state index >= 15 is 0 Å². The molecule has 4 heteroatoms. The third-order valence-corrected chi connectivity index (χ3v) is 5.27. The van der Waals surface area contributed by atoms with E-state index in [9.17, 15) is 9.90 Å². The van der Waals surface area contributed by atoms with Crippen molar-refractivity contribution in [2.24, 2.45) is 11.3 Å². The topological polar surface area (TPSA) is 40.5 Å². The highest BCUT2D eigenvalue weighted by Crippen LogP contribution is 2.34. The summed E-state index contributed by atoms with van der Waals surface area (Å²) in [5.41, 5.74) is -0.610. The number of carbonyl (C=O) groups is 1. The lowest BCUT2D eigenvalue weighted by Crippen LogP contribution is -2.45. The first kappa shape index (κ1) is 14.5. The van der Waals surface area contributed by atoms with E-state index in [0.29, 0.717) is 0 Å². The number of carboxylic acids is 1. The molecule has 2 rings (SSSR count). The molecule has 19 heavy (non-hydrogen) atoms. The predicted octanol–water partition coefficient (Wildman–Crippen LogP) is 3.11. The third-order valence-electron chi connectivity index (χ3n) is 4.33. The van der Waals surface area contributed by atoms with Gasteiger partial charge in [0.05, 0.1) is 5.41 Å². The fourth-order valence-corrected chi connectivity index (χ4v) is 3.44. The number of piperidine rings is 1. The summed E-state index contributed by atoms with van der Waals surface area (Å²) >= 11 is 1.80. The maximum absolute atomic E-state index is 11.4. The Kier molecular flexibility index (Phi) is 4.63. The minimum Gasteiger partial charge on any atom is -0.481 e. The fourth-order valence-electron chi connectivity index (χ4n) is 2.75. The van der Waals surface area contributed by atoms with E-state index in [0.717, 1.165) is 38.9 Å². The van der Waals surface area contributed by atoms with Gasteiger partial charge in [0.15, 0.2) is 0 Å². The van der Waals surface area contributed by atoms with Gasteiger partial charge in [-0.05, 0) is 57.0 Å². The summed E-state index contributed by atoms with van der Waals surface area (Å²) in [6.45, 7) is 6.81. The Morgan fingerprint density at radius 2 is 2.37 bits per heavy atom. The summed E-state index contributed by atoms with van der Waals surface area (Å²) in [6.07, 6.45) is 3.23. The Morgan fingerprint density at radius 1 is 1.58 bits per heavy atom. The SMILES string of the molecule is CC(C)(C(=O)O)C1CCCN(CCc2cccs2)C1. The van der Waals surface area contributed by atoms with Crippen molar-refractivity contribution in [1.82, 2.24) is 4.90 Å². The Morgan fingerprint density at radius 3 is 3.00 bits per heavy atom. The highest BCUT2D eigenvalue weighted by molar-refractivity contribution is 7.09. The quantitative estimate of drug-likeness (QED) is 0.901. The van der Waals surface area contributed by atoms with Crippen molar-refractivity contribution in [3.63, 3.8) is 0 Å². The van der Waals surface area contributed by atoms with Gasteiger partial charge in [0, 0.05) is 18.0 Å². The molecule has 1 N–H and O–H groups in total. The molecule has 1 saturated heterocycles. The van der Waals surface area contributed by atoms with Gasteiger partial charge in [0.1, 0.15) is 0 Å². The molecular formula is C15H23NO2S. The highest BCUT2D eigenvalue weighted by Gasteiger charge is 2.38. The van der Waals surface area contributed by atoms with Crippen LogP contribution < -0.4 is 0 Å². The van der Waals surface area contributed by atoms with E-state index in [-0.39, 0.29) is 5.92 Å². The molecule has 1 aliphatic rings. The molecule has 0 amide bonds. The van der Waals surface area contributed by atoms with Gasteiger partial charge >= 0.3 is 5.97 Å². The lowest BCUT2D eigenvalue weighted by atomic mass is 9.74. The van der Waals surface area contributed by atoms with Gasteiger partial charge in [0.25, 0.3) is 0 Å². The molecule has 1 aromatic rings. The second-order valence-electron chi connectivity index (χ2n) is 6.00. The largest absolute Gasteiger partial charge is 0.481 e. The smallest absolute Gasteiger partial charge is 0.309 e. The van der Waals surface area contributed by atoms with E-state index in [1.165, 1.54) is 4.88 Å². The molecule has 1 aromatic heterocycles. The number of carboxylic acid groups (broad SMARTS) is 1. The van der Waals surface area contributed by atoms with Crippen LogP contribution in [-0.4, -0.2) is 35.6 Å². The van der Waals surface area contributed by atoms with E-state index in [4.69, 9.17) is 0 Å². The number of rotatable bonds is 5. The molecule has 0 aliphatic carbocycles. The maximum Gasteiger partial charge on any atom is 0.309 e.